The van der Waals surface area contributed by atoms with Crippen LogP contribution in [-0.4, -0.2) is 42.4 Å². The fourth-order valence-corrected chi connectivity index (χ4v) is 2.78. The highest BCUT2D eigenvalue weighted by molar-refractivity contribution is 5.97. The molecule has 0 aromatic heterocycles. The first-order valence-electron chi connectivity index (χ1n) is 9.33. The highest BCUT2D eigenvalue weighted by Crippen LogP contribution is 2.13. The van der Waals surface area contributed by atoms with Crippen LogP contribution >= 0.6 is 0 Å². The molecule has 0 heterocycles. The van der Waals surface area contributed by atoms with Crippen LogP contribution in [-0.2, 0) is 20.7 Å². The van der Waals surface area contributed by atoms with E-state index in [0.717, 1.165) is 11.1 Å². The molecular weight excluding hydrogens is 356 g/mol. The standard InChI is InChI=1S/C22H26N2O4/c1-4-24(5-2)22(27)18-11-8-12-19(13-18)23-20(25)15-28-21(26)14-17-10-7-6-9-16(17)3/h6-13H,4-5,14-15H2,1-3H3,(H,23,25). The molecule has 0 unspecified atom stereocenters. The largest absolute Gasteiger partial charge is 0.455 e. The molecule has 1 N–H and O–H groups in total. The SMILES string of the molecule is CCN(CC)C(=O)c1cccc(NC(=O)COC(=O)Cc2ccccc2C)c1. The third-order valence-electron chi connectivity index (χ3n) is 4.40. The lowest BCUT2D eigenvalue weighted by Crippen LogP contribution is -2.30. The molecule has 0 bridgehead atoms. The Labute approximate surface area is 165 Å². The van der Waals surface area contributed by atoms with Crippen molar-refractivity contribution in [3.8, 4) is 0 Å². The number of amides is 2. The molecule has 0 saturated heterocycles. The van der Waals surface area contributed by atoms with E-state index in [1.165, 1.54) is 0 Å². The van der Waals surface area contributed by atoms with Crippen LogP contribution in [0.25, 0.3) is 0 Å². The molecule has 148 valence electrons. The van der Waals surface area contributed by atoms with Gasteiger partial charge in [0, 0.05) is 24.3 Å². The van der Waals surface area contributed by atoms with Gasteiger partial charge in [0.05, 0.1) is 6.42 Å². The smallest absolute Gasteiger partial charge is 0.310 e. The van der Waals surface area contributed by atoms with Crippen LogP contribution in [0.15, 0.2) is 48.5 Å². The molecule has 0 aliphatic carbocycles. The third kappa shape index (κ3) is 5.94. The van der Waals surface area contributed by atoms with Gasteiger partial charge in [0.2, 0.25) is 0 Å². The zero-order chi connectivity index (χ0) is 20.5. The molecule has 2 aromatic carbocycles. The number of benzene rings is 2. The van der Waals surface area contributed by atoms with Crippen molar-refractivity contribution in [2.75, 3.05) is 25.0 Å². The second kappa shape index (κ2) is 10.3. The first-order chi connectivity index (χ1) is 13.4. The maximum atomic E-state index is 12.4. The number of ether oxygens (including phenoxy) is 1. The number of hydrogen-bond donors (Lipinski definition) is 1. The van der Waals surface area contributed by atoms with Gasteiger partial charge < -0.3 is 15.0 Å². The molecule has 2 amide bonds. The van der Waals surface area contributed by atoms with Gasteiger partial charge in [0.25, 0.3) is 11.8 Å². The number of esters is 1. The molecule has 0 spiro atoms. The van der Waals surface area contributed by atoms with Crippen LogP contribution < -0.4 is 5.32 Å². The lowest BCUT2D eigenvalue weighted by atomic mass is 10.1. The van der Waals surface area contributed by atoms with Gasteiger partial charge in [-0.1, -0.05) is 30.3 Å². The van der Waals surface area contributed by atoms with Gasteiger partial charge in [-0.3, -0.25) is 14.4 Å². The summed E-state index contributed by atoms with van der Waals surface area (Å²) in [5.41, 5.74) is 2.85. The first kappa shape index (κ1) is 21.2. The predicted octanol–water partition coefficient (Wildman–Crippen LogP) is 3.20. The third-order valence-corrected chi connectivity index (χ3v) is 4.40. The molecule has 0 atom stereocenters. The van der Waals surface area contributed by atoms with Crippen molar-refractivity contribution in [3.05, 3.63) is 65.2 Å². The van der Waals surface area contributed by atoms with E-state index in [9.17, 15) is 14.4 Å². The summed E-state index contributed by atoms with van der Waals surface area (Å²) < 4.78 is 5.06. The number of aryl methyl sites for hydroxylation is 1. The maximum absolute atomic E-state index is 12.4. The number of hydrogen-bond acceptors (Lipinski definition) is 4. The van der Waals surface area contributed by atoms with Crippen molar-refractivity contribution in [1.82, 2.24) is 4.90 Å². The normalized spacial score (nSPS) is 10.2. The van der Waals surface area contributed by atoms with E-state index in [2.05, 4.69) is 5.32 Å². The van der Waals surface area contributed by atoms with E-state index in [0.29, 0.717) is 24.3 Å². The number of carbonyl (C=O) groups excluding carboxylic acids is 3. The fourth-order valence-electron chi connectivity index (χ4n) is 2.78. The average molecular weight is 382 g/mol. The van der Waals surface area contributed by atoms with E-state index in [1.807, 2.05) is 45.0 Å². The zero-order valence-electron chi connectivity index (χ0n) is 16.5. The summed E-state index contributed by atoms with van der Waals surface area (Å²) in [5.74, 6) is -1.01. The zero-order valence-corrected chi connectivity index (χ0v) is 16.5. The van der Waals surface area contributed by atoms with Crippen LogP contribution in [0.1, 0.15) is 35.3 Å². The first-order valence-corrected chi connectivity index (χ1v) is 9.33. The van der Waals surface area contributed by atoms with Crippen molar-refractivity contribution in [2.24, 2.45) is 0 Å². The molecule has 6 heteroatoms. The summed E-state index contributed by atoms with van der Waals surface area (Å²) in [7, 11) is 0. The summed E-state index contributed by atoms with van der Waals surface area (Å²) in [6.07, 6.45) is 0.119. The Bertz CT molecular complexity index is 844. The number of rotatable bonds is 8. The van der Waals surface area contributed by atoms with E-state index >= 15 is 0 Å². The van der Waals surface area contributed by atoms with E-state index in [1.54, 1.807) is 29.2 Å². The van der Waals surface area contributed by atoms with E-state index in [-0.39, 0.29) is 18.9 Å². The van der Waals surface area contributed by atoms with Crippen molar-refractivity contribution < 1.29 is 19.1 Å². The van der Waals surface area contributed by atoms with E-state index in [4.69, 9.17) is 4.74 Å². The minimum absolute atomic E-state index is 0.0919. The van der Waals surface area contributed by atoms with Gasteiger partial charge in [-0.2, -0.15) is 0 Å². The summed E-state index contributed by atoms with van der Waals surface area (Å²) in [5, 5.41) is 2.66. The Morgan fingerprint density at radius 1 is 1.00 bits per heavy atom. The van der Waals surface area contributed by atoms with Gasteiger partial charge in [-0.15, -0.1) is 0 Å². The minimum atomic E-state index is -0.463. The number of nitrogens with zero attached hydrogens (tertiary/aromatic N) is 1. The van der Waals surface area contributed by atoms with Crippen LogP contribution in [0.2, 0.25) is 0 Å². The Morgan fingerprint density at radius 2 is 1.71 bits per heavy atom. The minimum Gasteiger partial charge on any atom is -0.455 e. The molecule has 0 aliphatic heterocycles. The molecule has 0 aliphatic rings. The molecule has 0 radical (unpaired) electrons. The van der Waals surface area contributed by atoms with Gasteiger partial charge >= 0.3 is 5.97 Å². The molecule has 2 aromatic rings. The summed E-state index contributed by atoms with van der Waals surface area (Å²) in [6, 6.07) is 14.2. The number of anilines is 1. The number of carbonyl (C=O) groups is 3. The van der Waals surface area contributed by atoms with E-state index < -0.39 is 11.9 Å². The quantitative estimate of drug-likeness (QED) is 0.712. The predicted molar refractivity (Wildman–Crippen MR) is 108 cm³/mol. The Morgan fingerprint density at radius 3 is 2.39 bits per heavy atom. The van der Waals surface area contributed by atoms with Crippen LogP contribution in [0.5, 0.6) is 0 Å². The number of nitrogens with one attached hydrogen (secondary N) is 1. The van der Waals surface area contributed by atoms with Crippen molar-refractivity contribution >= 4 is 23.5 Å². The maximum Gasteiger partial charge on any atom is 0.310 e. The topological polar surface area (TPSA) is 75.7 Å². The van der Waals surface area contributed by atoms with Crippen molar-refractivity contribution in [2.45, 2.75) is 27.2 Å². The monoisotopic (exact) mass is 382 g/mol. The lowest BCUT2D eigenvalue weighted by molar-refractivity contribution is -0.146. The molecule has 0 saturated carbocycles. The fraction of sp³-hybridized carbons (Fsp3) is 0.318. The Hall–Kier alpha value is -3.15. The summed E-state index contributed by atoms with van der Waals surface area (Å²) in [4.78, 5) is 38.1. The Kier molecular flexibility index (Phi) is 7.75. The molecule has 28 heavy (non-hydrogen) atoms. The second-order valence-electron chi connectivity index (χ2n) is 6.37. The molecular formula is C22H26N2O4. The van der Waals surface area contributed by atoms with Crippen LogP contribution in [0.4, 0.5) is 5.69 Å². The van der Waals surface area contributed by atoms with Crippen LogP contribution in [0.3, 0.4) is 0 Å². The average Bonchev–Trinajstić information content (AvgIpc) is 2.69. The second-order valence-corrected chi connectivity index (χ2v) is 6.37. The lowest BCUT2D eigenvalue weighted by Gasteiger charge is -2.19. The van der Waals surface area contributed by atoms with Crippen molar-refractivity contribution in [1.29, 1.82) is 0 Å². The van der Waals surface area contributed by atoms with Gasteiger partial charge in [0.15, 0.2) is 6.61 Å². The summed E-state index contributed by atoms with van der Waals surface area (Å²) in [6.45, 7) is 6.60. The molecule has 6 nitrogen and oxygen atoms in total. The van der Waals surface area contributed by atoms with Gasteiger partial charge in [-0.05, 0) is 50.1 Å². The Balaban J connectivity index is 1.89. The highest BCUT2D eigenvalue weighted by Gasteiger charge is 2.14. The van der Waals surface area contributed by atoms with Crippen molar-refractivity contribution in [3.63, 3.8) is 0 Å². The molecule has 2 rings (SSSR count). The van der Waals surface area contributed by atoms with Gasteiger partial charge in [0.1, 0.15) is 0 Å². The van der Waals surface area contributed by atoms with Crippen LogP contribution in [0, 0.1) is 6.92 Å². The van der Waals surface area contributed by atoms with Gasteiger partial charge in [-0.25, -0.2) is 0 Å². The molecule has 0 fully saturated rings. The summed E-state index contributed by atoms with van der Waals surface area (Å²) >= 11 is 0. The highest BCUT2D eigenvalue weighted by atomic mass is 16.5.